The van der Waals surface area contributed by atoms with Gasteiger partial charge in [-0.1, -0.05) is 30.3 Å². The van der Waals surface area contributed by atoms with Gasteiger partial charge in [0.05, 0.1) is 13.1 Å². The second kappa shape index (κ2) is 11.6. The van der Waals surface area contributed by atoms with Crippen LogP contribution in [0.15, 0.2) is 30.3 Å². The van der Waals surface area contributed by atoms with E-state index < -0.39 is 65.6 Å². The summed E-state index contributed by atoms with van der Waals surface area (Å²) in [6.07, 6.45) is -0.177. The number of rotatable bonds is 10. The van der Waals surface area contributed by atoms with E-state index in [9.17, 15) is 33.6 Å². The first-order valence-electron chi connectivity index (χ1n) is 9.33. The Morgan fingerprint density at radius 2 is 1.41 bits per heavy atom. The molecule has 1 aromatic carbocycles. The molecule has 1 saturated heterocycles. The van der Waals surface area contributed by atoms with Crippen LogP contribution in [0.4, 0.5) is 0 Å². The Morgan fingerprint density at radius 3 is 1.97 bits per heavy atom. The van der Waals surface area contributed by atoms with Crippen LogP contribution in [0.3, 0.4) is 0 Å². The van der Waals surface area contributed by atoms with Crippen LogP contribution in [0.5, 0.6) is 0 Å². The highest BCUT2D eigenvalue weighted by atomic mass is 32.2. The Labute approximate surface area is 186 Å². The maximum atomic E-state index is 12.7. The summed E-state index contributed by atoms with van der Waals surface area (Å²) in [5.74, 6) is -4.90. The molecule has 1 aliphatic rings. The molecule has 4 N–H and O–H groups in total. The van der Waals surface area contributed by atoms with Gasteiger partial charge in [0.25, 0.3) is 5.91 Å². The Kier molecular flexibility index (Phi) is 8.89. The number of nitrogens with zero attached hydrogens (tertiary/aromatic N) is 1. The highest BCUT2D eigenvalue weighted by Crippen LogP contribution is 2.26. The average molecular weight is 464 g/mol. The molecule has 170 valence electrons. The van der Waals surface area contributed by atoms with Crippen molar-refractivity contribution >= 4 is 52.4 Å². The highest BCUT2D eigenvalue weighted by Gasteiger charge is 2.40. The Balaban J connectivity index is 1.97. The molecule has 1 atom stereocenters. The minimum Gasteiger partial charge on any atom is -0.480 e. The third kappa shape index (κ3) is 7.19. The van der Waals surface area contributed by atoms with Crippen LogP contribution in [-0.2, 0) is 28.8 Å². The standard InChI is InChI=1S/C19H20N4O8S/c24-12(21-10-16(28)29)8-20-13(25)9-22-17(30)18(23-14(26)6-7-15(23)27)32-19(31)11-4-2-1-3-5-11/h1-5,18H,6-10H2,(H,20,25)(H,21,24)(H,22,30)(H,28,29). The van der Waals surface area contributed by atoms with Crippen LogP contribution in [0.25, 0.3) is 0 Å². The predicted octanol–water partition coefficient (Wildman–Crippen LogP) is -1.53. The molecule has 1 aromatic rings. The van der Waals surface area contributed by atoms with Gasteiger partial charge in [-0.2, -0.15) is 0 Å². The smallest absolute Gasteiger partial charge is 0.322 e. The van der Waals surface area contributed by atoms with Crippen molar-refractivity contribution in [2.24, 2.45) is 0 Å². The molecule has 0 aliphatic carbocycles. The molecule has 1 unspecified atom stereocenters. The van der Waals surface area contributed by atoms with E-state index in [1.807, 2.05) is 5.32 Å². The van der Waals surface area contributed by atoms with Gasteiger partial charge in [0.1, 0.15) is 6.54 Å². The van der Waals surface area contributed by atoms with Gasteiger partial charge in [0.15, 0.2) is 5.37 Å². The third-order valence-corrected chi connectivity index (χ3v) is 5.18. The quantitative estimate of drug-likeness (QED) is 0.299. The Hall–Kier alpha value is -3.74. The number of hydrogen-bond acceptors (Lipinski definition) is 8. The number of carbonyl (C=O) groups is 7. The third-order valence-electron chi connectivity index (χ3n) is 4.08. The number of thioether (sulfide) groups is 1. The number of aliphatic carboxylic acids is 1. The summed E-state index contributed by atoms with van der Waals surface area (Å²) in [5, 5.41) is 12.9. The van der Waals surface area contributed by atoms with Crippen molar-refractivity contribution in [2.45, 2.75) is 18.2 Å². The van der Waals surface area contributed by atoms with Gasteiger partial charge in [0, 0.05) is 18.4 Å². The largest absolute Gasteiger partial charge is 0.480 e. The van der Waals surface area contributed by atoms with Crippen molar-refractivity contribution in [2.75, 3.05) is 19.6 Å². The van der Waals surface area contributed by atoms with E-state index >= 15 is 0 Å². The van der Waals surface area contributed by atoms with Gasteiger partial charge in [0.2, 0.25) is 28.7 Å². The Morgan fingerprint density at radius 1 is 0.875 bits per heavy atom. The summed E-state index contributed by atoms with van der Waals surface area (Å²) in [6, 6.07) is 7.96. The highest BCUT2D eigenvalue weighted by molar-refractivity contribution is 8.15. The molecular formula is C19H20N4O8S. The van der Waals surface area contributed by atoms with Crippen LogP contribution in [0, 0.1) is 0 Å². The van der Waals surface area contributed by atoms with E-state index in [1.165, 1.54) is 12.1 Å². The molecule has 32 heavy (non-hydrogen) atoms. The Bertz CT molecular complexity index is 921. The zero-order valence-electron chi connectivity index (χ0n) is 16.7. The van der Waals surface area contributed by atoms with E-state index in [0.29, 0.717) is 16.7 Å². The van der Waals surface area contributed by atoms with Crippen molar-refractivity contribution < 1.29 is 38.7 Å². The fourth-order valence-electron chi connectivity index (χ4n) is 2.56. The van der Waals surface area contributed by atoms with Crippen LogP contribution < -0.4 is 16.0 Å². The van der Waals surface area contributed by atoms with E-state index in [4.69, 9.17) is 5.11 Å². The van der Waals surface area contributed by atoms with Crippen LogP contribution in [0.2, 0.25) is 0 Å². The van der Waals surface area contributed by atoms with E-state index in [0.717, 1.165) is 0 Å². The average Bonchev–Trinajstić information content (AvgIpc) is 3.11. The number of benzene rings is 1. The molecule has 0 radical (unpaired) electrons. The summed E-state index contributed by atoms with van der Waals surface area (Å²) in [7, 11) is 0. The van der Waals surface area contributed by atoms with Gasteiger partial charge < -0.3 is 21.1 Å². The predicted molar refractivity (Wildman–Crippen MR) is 110 cm³/mol. The zero-order valence-corrected chi connectivity index (χ0v) is 17.5. The molecule has 1 aliphatic heterocycles. The molecule has 0 aromatic heterocycles. The van der Waals surface area contributed by atoms with Gasteiger partial charge in [-0.25, -0.2) is 0 Å². The summed E-state index contributed by atoms with van der Waals surface area (Å²) < 4.78 is 0. The number of carboxylic acid groups (broad SMARTS) is 1. The van der Waals surface area contributed by atoms with Crippen molar-refractivity contribution in [1.29, 1.82) is 0 Å². The lowest BCUT2D eigenvalue weighted by atomic mass is 10.2. The maximum Gasteiger partial charge on any atom is 0.322 e. The van der Waals surface area contributed by atoms with Gasteiger partial charge in [-0.3, -0.25) is 38.5 Å². The van der Waals surface area contributed by atoms with E-state index in [2.05, 4.69) is 10.6 Å². The summed E-state index contributed by atoms with van der Waals surface area (Å²) in [4.78, 5) is 83.7. The summed E-state index contributed by atoms with van der Waals surface area (Å²) in [6.45, 7) is -1.73. The summed E-state index contributed by atoms with van der Waals surface area (Å²) >= 11 is 0.472. The van der Waals surface area contributed by atoms with Crippen LogP contribution >= 0.6 is 11.8 Å². The molecule has 12 nitrogen and oxygen atoms in total. The van der Waals surface area contributed by atoms with Crippen molar-refractivity contribution in [3.8, 4) is 0 Å². The van der Waals surface area contributed by atoms with E-state index in [1.54, 1.807) is 18.2 Å². The first-order chi connectivity index (χ1) is 15.2. The SMILES string of the molecule is O=C(O)CNC(=O)CNC(=O)CNC(=O)C(SC(=O)c1ccccc1)N1C(=O)CCC1=O. The number of amides is 5. The molecule has 0 spiro atoms. The fourth-order valence-corrected chi connectivity index (χ4v) is 3.56. The molecular weight excluding hydrogens is 444 g/mol. The first kappa shape index (κ1) is 24.5. The number of imide groups is 1. The summed E-state index contributed by atoms with van der Waals surface area (Å²) in [5.41, 5.74) is 0.263. The fraction of sp³-hybridized carbons (Fsp3) is 0.316. The van der Waals surface area contributed by atoms with Crippen molar-refractivity contribution in [3.63, 3.8) is 0 Å². The minimum atomic E-state index is -1.50. The van der Waals surface area contributed by atoms with Crippen molar-refractivity contribution in [3.05, 3.63) is 35.9 Å². The minimum absolute atomic E-state index is 0.0886. The maximum absolute atomic E-state index is 12.7. The van der Waals surface area contributed by atoms with Crippen LogP contribution in [0.1, 0.15) is 23.2 Å². The lowest BCUT2D eigenvalue weighted by Gasteiger charge is -2.24. The molecule has 2 rings (SSSR count). The van der Waals surface area contributed by atoms with Gasteiger partial charge in [-0.05, 0) is 11.8 Å². The number of nitrogens with one attached hydrogen (secondary N) is 3. The normalized spacial score (nSPS) is 13.9. The monoisotopic (exact) mass is 464 g/mol. The van der Waals surface area contributed by atoms with Crippen molar-refractivity contribution in [1.82, 2.24) is 20.9 Å². The van der Waals surface area contributed by atoms with Gasteiger partial charge in [-0.15, -0.1) is 0 Å². The number of carbonyl (C=O) groups excluding carboxylic acids is 6. The second-order valence-electron chi connectivity index (χ2n) is 6.45. The molecule has 1 fully saturated rings. The molecule has 13 heteroatoms. The number of likely N-dealkylation sites (tertiary alicyclic amines) is 1. The zero-order chi connectivity index (χ0) is 23.7. The molecule has 0 saturated carbocycles. The van der Waals surface area contributed by atoms with E-state index in [-0.39, 0.29) is 18.4 Å². The number of hydrogen-bond donors (Lipinski definition) is 4. The molecule has 1 heterocycles. The van der Waals surface area contributed by atoms with Gasteiger partial charge >= 0.3 is 5.97 Å². The molecule has 5 amide bonds. The topological polar surface area (TPSA) is 179 Å². The lowest BCUT2D eigenvalue weighted by molar-refractivity contribution is -0.143. The lowest BCUT2D eigenvalue weighted by Crippen LogP contribution is -2.50. The second-order valence-corrected chi connectivity index (χ2v) is 7.50. The van der Waals surface area contributed by atoms with Crippen LogP contribution in [-0.4, -0.2) is 75.6 Å². The molecule has 0 bridgehead atoms. The number of carboxylic acids is 1. The first-order valence-corrected chi connectivity index (χ1v) is 10.2.